The van der Waals surface area contributed by atoms with Crippen LogP contribution < -0.4 is 5.01 Å². The van der Waals surface area contributed by atoms with E-state index in [4.69, 9.17) is 21.7 Å². The molecule has 0 aliphatic carbocycles. The number of thioether (sulfide) groups is 1. The highest BCUT2D eigenvalue weighted by Gasteiger charge is 2.33. The molecule has 0 amide bonds. The lowest BCUT2D eigenvalue weighted by Gasteiger charge is -2.34. The van der Waals surface area contributed by atoms with Gasteiger partial charge in [0.15, 0.2) is 4.32 Å². The van der Waals surface area contributed by atoms with Crippen molar-refractivity contribution in [3.63, 3.8) is 0 Å². The van der Waals surface area contributed by atoms with Gasteiger partial charge >= 0.3 is 11.9 Å². The molecule has 1 aliphatic rings. The number of benzene rings is 1. The molecule has 0 radical (unpaired) electrons. The fourth-order valence-corrected chi connectivity index (χ4v) is 3.35. The van der Waals surface area contributed by atoms with Gasteiger partial charge < -0.3 is 9.47 Å². The molecule has 0 N–H and O–H groups in total. The Morgan fingerprint density at radius 2 is 1.62 bits per heavy atom. The van der Waals surface area contributed by atoms with Gasteiger partial charge in [-0.25, -0.2) is 5.01 Å². The second-order valence-corrected chi connectivity index (χ2v) is 6.71. The third-order valence-electron chi connectivity index (χ3n) is 3.23. The topological polar surface area (TPSA) is 59.1 Å². The number of esters is 2. The third kappa shape index (κ3) is 5.09. The van der Waals surface area contributed by atoms with E-state index in [1.165, 1.54) is 0 Å². The van der Waals surface area contributed by atoms with Crippen LogP contribution in [0.1, 0.15) is 13.8 Å². The maximum Gasteiger partial charge on any atom is 0.331 e. The fraction of sp³-hybridized carbons (Fsp3) is 0.278. The summed E-state index contributed by atoms with van der Waals surface area (Å²) in [7, 11) is 0. The van der Waals surface area contributed by atoms with Gasteiger partial charge in [0.1, 0.15) is 0 Å². The molecule has 1 aromatic rings. The van der Waals surface area contributed by atoms with Crippen molar-refractivity contribution >= 4 is 45.9 Å². The number of carbonyl (C=O) groups is 2. The van der Waals surface area contributed by atoms with Gasteiger partial charge in [-0.1, -0.05) is 42.2 Å². The van der Waals surface area contributed by atoms with Crippen molar-refractivity contribution in [1.82, 2.24) is 5.01 Å². The Labute approximate surface area is 162 Å². The molecular formula is C18H20N2O4S2. The molecule has 1 heterocycles. The zero-order valence-corrected chi connectivity index (χ0v) is 16.2. The van der Waals surface area contributed by atoms with Gasteiger partial charge in [-0.05, 0) is 38.1 Å². The number of ether oxygens (including phenoxy) is 2. The maximum atomic E-state index is 12.2. The average Bonchev–Trinajstić information content (AvgIpc) is 2.67. The van der Waals surface area contributed by atoms with Gasteiger partial charge in [0.05, 0.1) is 18.9 Å². The monoisotopic (exact) mass is 392 g/mol. The van der Waals surface area contributed by atoms with Crippen LogP contribution in [0.4, 0.5) is 5.69 Å². The summed E-state index contributed by atoms with van der Waals surface area (Å²) in [5.41, 5.74) is 0.889. The molecule has 2 rings (SSSR count). The first-order valence-electron chi connectivity index (χ1n) is 8.10. The van der Waals surface area contributed by atoms with E-state index < -0.39 is 17.2 Å². The fourth-order valence-electron chi connectivity index (χ4n) is 2.13. The highest BCUT2D eigenvalue weighted by atomic mass is 32.2. The van der Waals surface area contributed by atoms with Crippen LogP contribution in [0, 0.1) is 0 Å². The molecule has 0 fully saturated rings. The van der Waals surface area contributed by atoms with Crippen LogP contribution in [0.25, 0.3) is 0 Å². The number of thiocarbonyl (C=S) groups is 1. The molecule has 0 unspecified atom stereocenters. The van der Waals surface area contributed by atoms with Gasteiger partial charge in [-0.15, -0.1) is 0 Å². The smallest absolute Gasteiger partial charge is 0.331 e. The Hall–Kier alpha value is -2.32. The average molecular weight is 393 g/mol. The number of rotatable bonds is 6. The number of carbonyl (C=O) groups excluding carboxylic acids is 2. The second kappa shape index (κ2) is 9.98. The minimum Gasteiger partial charge on any atom is -0.465 e. The Bertz CT molecular complexity index is 688. The van der Waals surface area contributed by atoms with Crippen molar-refractivity contribution in [3.8, 4) is 0 Å². The van der Waals surface area contributed by atoms with E-state index >= 15 is 0 Å². The molecule has 1 aliphatic heterocycles. The Balaban J connectivity index is 2.18. The van der Waals surface area contributed by atoms with E-state index in [1.807, 2.05) is 53.7 Å². The van der Waals surface area contributed by atoms with Gasteiger partial charge in [0.2, 0.25) is 5.25 Å². The summed E-state index contributed by atoms with van der Waals surface area (Å²) in [4.78, 5) is 24.3. The first-order chi connectivity index (χ1) is 12.6. The molecular weight excluding hydrogens is 372 g/mol. The van der Waals surface area contributed by atoms with Crippen LogP contribution in [0.15, 0.2) is 54.9 Å². The van der Waals surface area contributed by atoms with Crippen LogP contribution in [0.3, 0.4) is 0 Å². The minimum atomic E-state index is -1.17. The molecule has 0 atom stereocenters. The predicted octanol–water partition coefficient (Wildman–Crippen LogP) is 3.26. The quantitative estimate of drug-likeness (QED) is 0.415. The van der Waals surface area contributed by atoms with Crippen molar-refractivity contribution < 1.29 is 19.1 Å². The van der Waals surface area contributed by atoms with E-state index in [1.54, 1.807) is 25.1 Å². The molecule has 6 nitrogen and oxygen atoms in total. The molecule has 0 bridgehead atoms. The SMILES string of the molecule is CCOC(=O)C(SC(=S)N1C=CC=CN1c1ccccc1)C(=O)OCC. The van der Waals surface area contributed by atoms with Gasteiger partial charge in [-0.2, -0.15) is 0 Å². The van der Waals surface area contributed by atoms with Crippen molar-refractivity contribution in [2.24, 2.45) is 0 Å². The first-order valence-corrected chi connectivity index (χ1v) is 9.39. The molecule has 138 valence electrons. The molecule has 1 aromatic carbocycles. The van der Waals surface area contributed by atoms with E-state index in [0.717, 1.165) is 17.4 Å². The predicted molar refractivity (Wildman–Crippen MR) is 106 cm³/mol. The molecule has 8 heteroatoms. The summed E-state index contributed by atoms with van der Waals surface area (Å²) in [6, 6.07) is 9.60. The molecule has 26 heavy (non-hydrogen) atoms. The minimum absolute atomic E-state index is 0.171. The number of hydrazine groups is 1. The summed E-state index contributed by atoms with van der Waals surface area (Å²) in [5.74, 6) is -1.33. The lowest BCUT2D eigenvalue weighted by atomic mass is 10.3. The van der Waals surface area contributed by atoms with Crippen LogP contribution in [-0.4, -0.2) is 39.7 Å². The van der Waals surface area contributed by atoms with E-state index in [0.29, 0.717) is 4.32 Å². The van der Waals surface area contributed by atoms with Crippen LogP contribution in [-0.2, 0) is 19.1 Å². The van der Waals surface area contributed by atoms with Crippen molar-refractivity contribution in [1.29, 1.82) is 0 Å². The van der Waals surface area contributed by atoms with Gasteiger partial charge in [-0.3, -0.25) is 14.6 Å². The highest BCUT2D eigenvalue weighted by molar-refractivity contribution is 8.24. The number of nitrogens with zero attached hydrogens (tertiary/aromatic N) is 2. The number of anilines is 1. The first kappa shape index (κ1) is 20.0. The highest BCUT2D eigenvalue weighted by Crippen LogP contribution is 2.26. The summed E-state index contributed by atoms with van der Waals surface area (Å²) < 4.78 is 10.3. The number of hydrogen-bond donors (Lipinski definition) is 0. The normalized spacial score (nSPS) is 13.0. The third-order valence-corrected chi connectivity index (χ3v) is 4.71. The van der Waals surface area contributed by atoms with Crippen LogP contribution in [0.2, 0.25) is 0 Å². The van der Waals surface area contributed by atoms with E-state index in [2.05, 4.69) is 0 Å². The van der Waals surface area contributed by atoms with Crippen molar-refractivity contribution in [2.75, 3.05) is 18.2 Å². The van der Waals surface area contributed by atoms with Crippen molar-refractivity contribution in [3.05, 3.63) is 54.9 Å². The zero-order chi connectivity index (χ0) is 18.9. The summed E-state index contributed by atoms with van der Waals surface area (Å²) in [6.07, 6.45) is 7.28. The summed E-state index contributed by atoms with van der Waals surface area (Å²) in [6.45, 7) is 3.70. The van der Waals surface area contributed by atoms with Crippen LogP contribution >= 0.6 is 24.0 Å². The largest absolute Gasteiger partial charge is 0.465 e. The van der Waals surface area contributed by atoms with Crippen molar-refractivity contribution in [2.45, 2.75) is 19.1 Å². The maximum absolute atomic E-state index is 12.2. The number of allylic oxidation sites excluding steroid dienone is 2. The van der Waals surface area contributed by atoms with Crippen LogP contribution in [0.5, 0.6) is 0 Å². The zero-order valence-electron chi connectivity index (χ0n) is 14.5. The number of hydrogen-bond acceptors (Lipinski definition) is 7. The molecule has 0 spiro atoms. The Morgan fingerprint density at radius 3 is 2.19 bits per heavy atom. The summed E-state index contributed by atoms with van der Waals surface area (Å²) >= 11 is 6.41. The standard InChI is InChI=1S/C18H20N2O4S2/c1-3-23-16(21)15(17(22)24-4-2)26-18(25)20-13-9-8-12-19(20)14-10-6-5-7-11-14/h5-13,15H,3-4H2,1-2H3. The Kier molecular flexibility index (Phi) is 7.68. The second-order valence-electron chi connectivity index (χ2n) is 4.98. The van der Waals surface area contributed by atoms with Gasteiger partial charge in [0, 0.05) is 12.4 Å². The Morgan fingerprint density at radius 1 is 1.04 bits per heavy atom. The molecule has 0 saturated heterocycles. The van der Waals surface area contributed by atoms with E-state index in [9.17, 15) is 9.59 Å². The summed E-state index contributed by atoms with van der Waals surface area (Å²) in [5, 5.41) is 2.34. The lowest BCUT2D eigenvalue weighted by Crippen LogP contribution is -2.41. The molecule has 0 saturated carbocycles. The lowest BCUT2D eigenvalue weighted by molar-refractivity contribution is -0.152. The van der Waals surface area contributed by atoms with E-state index in [-0.39, 0.29) is 13.2 Å². The number of para-hydroxylation sites is 1. The van der Waals surface area contributed by atoms with Gasteiger partial charge in [0.25, 0.3) is 0 Å². The molecule has 0 aromatic heterocycles.